The smallest absolute Gasteiger partial charge is 0.259 e. The molecule has 2 N–H and O–H groups in total. The molecule has 1 heterocycles. The van der Waals surface area contributed by atoms with Crippen molar-refractivity contribution in [2.75, 3.05) is 17.2 Å². The Balaban J connectivity index is 2.31. The third-order valence-electron chi connectivity index (χ3n) is 3.31. The van der Waals surface area contributed by atoms with E-state index in [1.165, 1.54) is 5.56 Å². The molecule has 0 radical (unpaired) electrons. The number of aryl methyl sites for hydroxylation is 3. The van der Waals surface area contributed by atoms with Gasteiger partial charge in [0.2, 0.25) is 0 Å². The van der Waals surface area contributed by atoms with Gasteiger partial charge in [-0.25, -0.2) is 4.98 Å². The molecule has 110 valence electrons. The predicted octanol–water partition coefficient (Wildman–Crippen LogP) is 3.69. The second-order valence-corrected chi connectivity index (χ2v) is 5.16. The fourth-order valence-electron chi connectivity index (χ4n) is 2.45. The number of benzene rings is 1. The van der Waals surface area contributed by atoms with E-state index in [4.69, 9.17) is 0 Å². The summed E-state index contributed by atoms with van der Waals surface area (Å²) >= 11 is 0. The molecule has 0 atom stereocenters. The van der Waals surface area contributed by atoms with E-state index < -0.39 is 0 Å². The second-order valence-electron chi connectivity index (χ2n) is 5.16. The summed E-state index contributed by atoms with van der Waals surface area (Å²) in [5.74, 6) is 0.467. The van der Waals surface area contributed by atoms with Crippen LogP contribution in [0.1, 0.15) is 34.0 Å². The van der Waals surface area contributed by atoms with Crippen LogP contribution < -0.4 is 10.6 Å². The highest BCUT2D eigenvalue weighted by Gasteiger charge is 2.14. The van der Waals surface area contributed by atoms with Crippen molar-refractivity contribution >= 4 is 17.4 Å². The van der Waals surface area contributed by atoms with E-state index in [-0.39, 0.29) is 5.91 Å². The van der Waals surface area contributed by atoms with Crippen LogP contribution in [0.15, 0.2) is 30.5 Å². The molecule has 1 amide bonds. The molecule has 0 spiro atoms. The molecule has 2 aromatic rings. The lowest BCUT2D eigenvalue weighted by molar-refractivity contribution is 0.102. The van der Waals surface area contributed by atoms with E-state index in [2.05, 4.69) is 34.7 Å². The number of amides is 1. The van der Waals surface area contributed by atoms with Gasteiger partial charge in [0.15, 0.2) is 0 Å². The number of carbonyl (C=O) groups excluding carboxylic acids is 1. The fourth-order valence-corrected chi connectivity index (χ4v) is 2.45. The Hall–Kier alpha value is -2.36. The highest BCUT2D eigenvalue weighted by Crippen LogP contribution is 2.23. The predicted molar refractivity (Wildman–Crippen MR) is 87.0 cm³/mol. The summed E-state index contributed by atoms with van der Waals surface area (Å²) in [5.41, 5.74) is 4.75. The first-order valence-electron chi connectivity index (χ1n) is 7.11. The summed E-state index contributed by atoms with van der Waals surface area (Å²) in [6, 6.07) is 7.68. The Labute approximate surface area is 125 Å². The summed E-state index contributed by atoms with van der Waals surface area (Å²) in [7, 11) is 0. The number of nitrogens with zero attached hydrogens (tertiary/aromatic N) is 1. The number of rotatable bonds is 4. The number of anilines is 2. The van der Waals surface area contributed by atoms with Gasteiger partial charge in [0.25, 0.3) is 5.91 Å². The zero-order chi connectivity index (χ0) is 15.4. The van der Waals surface area contributed by atoms with E-state index in [0.29, 0.717) is 11.4 Å². The number of pyridine rings is 1. The van der Waals surface area contributed by atoms with Crippen molar-refractivity contribution in [2.24, 2.45) is 0 Å². The number of aromatic nitrogens is 1. The van der Waals surface area contributed by atoms with Gasteiger partial charge >= 0.3 is 0 Å². The lowest BCUT2D eigenvalue weighted by atomic mass is 10.0. The van der Waals surface area contributed by atoms with Crippen molar-refractivity contribution in [3.8, 4) is 0 Å². The van der Waals surface area contributed by atoms with E-state index in [1.54, 1.807) is 18.3 Å². The average Bonchev–Trinajstić information content (AvgIpc) is 2.43. The maximum absolute atomic E-state index is 12.5. The SMILES string of the molecule is CCNc1ncccc1C(=O)Nc1c(C)cc(C)cc1C. The minimum Gasteiger partial charge on any atom is -0.370 e. The van der Waals surface area contributed by atoms with Gasteiger partial charge in [-0.15, -0.1) is 0 Å². The van der Waals surface area contributed by atoms with Crippen LogP contribution in [0.3, 0.4) is 0 Å². The standard InChI is InChI=1S/C17H21N3O/c1-5-18-16-14(7-6-8-19-16)17(21)20-15-12(3)9-11(2)10-13(15)4/h6-10H,5H2,1-4H3,(H,18,19)(H,20,21). The highest BCUT2D eigenvalue weighted by atomic mass is 16.1. The molecule has 0 saturated heterocycles. The minimum atomic E-state index is -0.144. The van der Waals surface area contributed by atoms with Crippen molar-refractivity contribution < 1.29 is 4.79 Å². The van der Waals surface area contributed by atoms with Gasteiger partial charge in [0, 0.05) is 18.4 Å². The van der Waals surface area contributed by atoms with Gasteiger partial charge in [0.05, 0.1) is 5.56 Å². The number of nitrogens with one attached hydrogen (secondary N) is 2. The lowest BCUT2D eigenvalue weighted by Gasteiger charge is -2.14. The molecule has 0 aliphatic heterocycles. The summed E-state index contributed by atoms with van der Waals surface area (Å²) in [5, 5.41) is 6.11. The van der Waals surface area contributed by atoms with Crippen LogP contribution >= 0.6 is 0 Å². The van der Waals surface area contributed by atoms with Crippen molar-refractivity contribution in [2.45, 2.75) is 27.7 Å². The van der Waals surface area contributed by atoms with Crippen LogP contribution in [0.5, 0.6) is 0 Å². The van der Waals surface area contributed by atoms with Gasteiger partial charge in [-0.1, -0.05) is 17.7 Å². The second kappa shape index (κ2) is 6.39. The molecule has 0 aliphatic carbocycles. The molecule has 0 saturated carbocycles. The minimum absolute atomic E-state index is 0.144. The van der Waals surface area contributed by atoms with Crippen LogP contribution in [-0.4, -0.2) is 17.4 Å². The molecule has 1 aromatic heterocycles. The Morgan fingerprint density at radius 2 is 1.86 bits per heavy atom. The van der Waals surface area contributed by atoms with Crippen molar-refractivity contribution in [3.63, 3.8) is 0 Å². The first kappa shape index (κ1) is 15.0. The largest absolute Gasteiger partial charge is 0.370 e. The summed E-state index contributed by atoms with van der Waals surface area (Å²) in [6.45, 7) is 8.76. The molecule has 1 aromatic carbocycles. The summed E-state index contributed by atoms with van der Waals surface area (Å²) < 4.78 is 0. The highest BCUT2D eigenvalue weighted by molar-refractivity contribution is 6.08. The summed E-state index contributed by atoms with van der Waals surface area (Å²) in [4.78, 5) is 16.7. The Bertz CT molecular complexity index is 642. The number of carbonyl (C=O) groups is 1. The zero-order valence-corrected chi connectivity index (χ0v) is 12.9. The molecular formula is C17H21N3O. The van der Waals surface area contributed by atoms with Gasteiger partial charge in [-0.2, -0.15) is 0 Å². The Kier molecular flexibility index (Phi) is 4.58. The van der Waals surface area contributed by atoms with Gasteiger partial charge in [0.1, 0.15) is 5.82 Å². The third-order valence-corrected chi connectivity index (χ3v) is 3.31. The first-order valence-corrected chi connectivity index (χ1v) is 7.11. The Morgan fingerprint density at radius 1 is 1.19 bits per heavy atom. The zero-order valence-electron chi connectivity index (χ0n) is 12.9. The summed E-state index contributed by atoms with van der Waals surface area (Å²) in [6.07, 6.45) is 1.68. The van der Waals surface area contributed by atoms with Crippen LogP contribution in [0, 0.1) is 20.8 Å². The van der Waals surface area contributed by atoms with E-state index >= 15 is 0 Å². The maximum atomic E-state index is 12.5. The van der Waals surface area contributed by atoms with Crippen LogP contribution in [0.4, 0.5) is 11.5 Å². The molecule has 4 heteroatoms. The average molecular weight is 283 g/mol. The van der Waals surface area contributed by atoms with Crippen LogP contribution in [0.25, 0.3) is 0 Å². The lowest BCUT2D eigenvalue weighted by Crippen LogP contribution is -2.17. The van der Waals surface area contributed by atoms with Gasteiger partial charge in [-0.05, 0) is 51.0 Å². The van der Waals surface area contributed by atoms with Crippen LogP contribution in [0.2, 0.25) is 0 Å². The van der Waals surface area contributed by atoms with E-state index in [9.17, 15) is 4.79 Å². The molecular weight excluding hydrogens is 262 g/mol. The quantitative estimate of drug-likeness (QED) is 0.899. The topological polar surface area (TPSA) is 54.0 Å². The normalized spacial score (nSPS) is 10.3. The molecule has 2 rings (SSSR count). The van der Waals surface area contributed by atoms with Crippen molar-refractivity contribution in [1.29, 1.82) is 0 Å². The van der Waals surface area contributed by atoms with Gasteiger partial charge < -0.3 is 10.6 Å². The molecule has 0 unspecified atom stereocenters. The number of hydrogen-bond acceptors (Lipinski definition) is 3. The monoisotopic (exact) mass is 283 g/mol. The first-order chi connectivity index (χ1) is 10.0. The molecule has 0 bridgehead atoms. The Morgan fingerprint density at radius 3 is 2.48 bits per heavy atom. The molecule has 21 heavy (non-hydrogen) atoms. The molecule has 0 fully saturated rings. The van der Waals surface area contributed by atoms with Crippen molar-refractivity contribution in [1.82, 2.24) is 4.98 Å². The van der Waals surface area contributed by atoms with E-state index in [0.717, 1.165) is 23.4 Å². The molecule has 0 aliphatic rings. The van der Waals surface area contributed by atoms with E-state index in [1.807, 2.05) is 20.8 Å². The van der Waals surface area contributed by atoms with Crippen molar-refractivity contribution in [3.05, 3.63) is 52.7 Å². The van der Waals surface area contributed by atoms with Crippen LogP contribution in [-0.2, 0) is 0 Å². The maximum Gasteiger partial charge on any atom is 0.259 e. The number of hydrogen-bond donors (Lipinski definition) is 2. The third kappa shape index (κ3) is 3.40. The molecule has 4 nitrogen and oxygen atoms in total. The van der Waals surface area contributed by atoms with Gasteiger partial charge in [-0.3, -0.25) is 4.79 Å². The fraction of sp³-hybridized carbons (Fsp3) is 0.294.